The molecule has 2 atom stereocenters. The van der Waals surface area contributed by atoms with E-state index in [4.69, 9.17) is 14.5 Å². The summed E-state index contributed by atoms with van der Waals surface area (Å²) in [7, 11) is 0. The minimum Gasteiger partial charge on any atom is -0.493 e. The van der Waals surface area contributed by atoms with Gasteiger partial charge >= 0.3 is 12.1 Å². The lowest BCUT2D eigenvalue weighted by Crippen LogP contribution is -2.56. The van der Waals surface area contributed by atoms with Crippen molar-refractivity contribution in [2.45, 2.75) is 77.0 Å². The summed E-state index contributed by atoms with van der Waals surface area (Å²) in [6.07, 6.45) is 3.54. The Balaban J connectivity index is 2.07. The van der Waals surface area contributed by atoms with E-state index in [2.05, 4.69) is 11.9 Å². The van der Waals surface area contributed by atoms with Gasteiger partial charge in [-0.1, -0.05) is 13.0 Å². The number of carbonyl (C=O) groups is 3. The molecule has 0 saturated carbocycles. The van der Waals surface area contributed by atoms with Gasteiger partial charge in [0, 0.05) is 12.0 Å². The van der Waals surface area contributed by atoms with Crippen LogP contribution in [0.2, 0.25) is 0 Å². The van der Waals surface area contributed by atoms with Crippen molar-refractivity contribution in [1.82, 2.24) is 10.2 Å². The fourth-order valence-corrected chi connectivity index (χ4v) is 4.28. The summed E-state index contributed by atoms with van der Waals surface area (Å²) in [5.74, 6) is -0.669. The van der Waals surface area contributed by atoms with Crippen molar-refractivity contribution in [1.29, 1.82) is 0 Å². The first-order chi connectivity index (χ1) is 16.0. The van der Waals surface area contributed by atoms with E-state index in [1.807, 2.05) is 6.92 Å². The van der Waals surface area contributed by atoms with Crippen LogP contribution in [0.5, 0.6) is 5.75 Å². The molecule has 0 bridgehead atoms. The van der Waals surface area contributed by atoms with Gasteiger partial charge in [-0.05, 0) is 58.2 Å². The predicted octanol–water partition coefficient (Wildman–Crippen LogP) is 4.44. The molecule has 2 heterocycles. The fourth-order valence-electron chi connectivity index (χ4n) is 4.28. The van der Waals surface area contributed by atoms with Gasteiger partial charge in [-0.15, -0.1) is 6.58 Å². The molecule has 9 nitrogen and oxygen atoms in total. The van der Waals surface area contributed by atoms with Crippen molar-refractivity contribution in [2.75, 3.05) is 6.61 Å². The Morgan fingerprint density at radius 3 is 2.76 bits per heavy atom. The standard InChI is InChI=1S/C25H33N3O6/c1-6-8-12-25(7-2)15-20(29)28(22(27-25)26-23(32)34-24(3,4)5)18-11-13-33-19-10-9-16(21(30)31)14-17(18)19/h6,9-10,14,18H,1,7-8,11-13,15H2,2-5H3,(H,30,31)(H,26,27,32). The number of fused-ring (bicyclic) bond motifs is 1. The third kappa shape index (κ3) is 5.58. The van der Waals surface area contributed by atoms with Gasteiger partial charge in [-0.3, -0.25) is 15.0 Å². The smallest absolute Gasteiger partial charge is 0.414 e. The average Bonchev–Trinajstić information content (AvgIpc) is 2.75. The molecule has 2 amide bonds. The maximum Gasteiger partial charge on any atom is 0.414 e. The Hall–Kier alpha value is -3.36. The number of hydrogen-bond donors (Lipinski definition) is 2. The number of guanidine groups is 1. The van der Waals surface area contributed by atoms with E-state index in [9.17, 15) is 19.5 Å². The highest BCUT2D eigenvalue weighted by Gasteiger charge is 2.44. The molecule has 0 fully saturated rings. The first kappa shape index (κ1) is 25.3. The Labute approximate surface area is 199 Å². The molecule has 0 spiro atoms. The van der Waals surface area contributed by atoms with Crippen LogP contribution in [0.25, 0.3) is 0 Å². The number of benzene rings is 1. The van der Waals surface area contributed by atoms with E-state index in [-0.39, 0.29) is 23.9 Å². The SMILES string of the molecule is C=CCCC1(CC)CC(=O)N(C2CCOc3ccc(C(=O)O)cc32)C(NC(=O)OC(C)(C)C)=N1. The molecule has 1 aromatic rings. The van der Waals surface area contributed by atoms with Gasteiger partial charge in [0.2, 0.25) is 11.9 Å². The van der Waals surface area contributed by atoms with Crippen LogP contribution in [0.3, 0.4) is 0 Å². The zero-order chi connectivity index (χ0) is 25.1. The van der Waals surface area contributed by atoms with Crippen molar-refractivity contribution in [3.05, 3.63) is 42.0 Å². The Kier molecular flexibility index (Phi) is 7.33. The summed E-state index contributed by atoms with van der Waals surface area (Å²) < 4.78 is 11.1. The molecule has 0 saturated heterocycles. The molecule has 9 heteroatoms. The first-order valence-electron chi connectivity index (χ1n) is 11.5. The number of amides is 2. The molecule has 3 rings (SSSR count). The monoisotopic (exact) mass is 471 g/mol. The van der Waals surface area contributed by atoms with Gasteiger partial charge < -0.3 is 14.6 Å². The lowest BCUT2D eigenvalue weighted by Gasteiger charge is -2.43. The number of rotatable bonds is 6. The average molecular weight is 472 g/mol. The molecule has 2 N–H and O–H groups in total. The van der Waals surface area contributed by atoms with E-state index < -0.39 is 29.2 Å². The van der Waals surface area contributed by atoms with Gasteiger partial charge in [-0.2, -0.15) is 0 Å². The van der Waals surface area contributed by atoms with Crippen LogP contribution in [-0.4, -0.2) is 51.7 Å². The first-order valence-corrected chi connectivity index (χ1v) is 11.5. The number of alkyl carbamates (subject to hydrolysis) is 1. The van der Waals surface area contributed by atoms with Crippen molar-refractivity contribution in [2.24, 2.45) is 4.99 Å². The Morgan fingerprint density at radius 1 is 1.41 bits per heavy atom. The molecule has 2 aliphatic heterocycles. The van der Waals surface area contributed by atoms with Gasteiger partial charge in [-0.25, -0.2) is 14.6 Å². The highest BCUT2D eigenvalue weighted by atomic mass is 16.6. The number of carbonyl (C=O) groups excluding carboxylic acids is 2. The summed E-state index contributed by atoms with van der Waals surface area (Å²) >= 11 is 0. The van der Waals surface area contributed by atoms with Crippen LogP contribution in [0, 0.1) is 0 Å². The Bertz CT molecular complexity index is 1010. The zero-order valence-electron chi connectivity index (χ0n) is 20.2. The summed E-state index contributed by atoms with van der Waals surface area (Å²) in [4.78, 5) is 44.2. The lowest BCUT2D eigenvalue weighted by molar-refractivity contribution is -0.132. The Morgan fingerprint density at radius 2 is 2.15 bits per heavy atom. The number of carboxylic acids is 1. The number of aromatic carboxylic acids is 1. The lowest BCUT2D eigenvalue weighted by atomic mass is 9.85. The summed E-state index contributed by atoms with van der Waals surface area (Å²) in [6, 6.07) is 4.03. The van der Waals surface area contributed by atoms with Crippen molar-refractivity contribution in [3.8, 4) is 5.75 Å². The third-order valence-electron chi connectivity index (χ3n) is 5.98. The van der Waals surface area contributed by atoms with Gasteiger partial charge in [0.25, 0.3) is 0 Å². The normalized spacial score (nSPS) is 22.2. The van der Waals surface area contributed by atoms with E-state index in [0.29, 0.717) is 43.6 Å². The second-order valence-electron chi connectivity index (χ2n) is 9.62. The number of ether oxygens (including phenoxy) is 2. The largest absolute Gasteiger partial charge is 0.493 e. The van der Waals surface area contributed by atoms with E-state index in [0.717, 1.165) is 0 Å². The number of nitrogens with zero attached hydrogens (tertiary/aromatic N) is 2. The highest BCUT2D eigenvalue weighted by molar-refractivity contribution is 6.05. The summed E-state index contributed by atoms with van der Waals surface area (Å²) in [5, 5.41) is 12.2. The third-order valence-corrected chi connectivity index (χ3v) is 5.98. The molecule has 0 aromatic heterocycles. The fraction of sp³-hybridized carbons (Fsp3) is 0.520. The molecule has 184 valence electrons. The van der Waals surface area contributed by atoms with Gasteiger partial charge in [0.05, 0.1) is 30.2 Å². The van der Waals surface area contributed by atoms with E-state index in [1.165, 1.54) is 17.0 Å². The van der Waals surface area contributed by atoms with E-state index >= 15 is 0 Å². The maximum absolute atomic E-state index is 13.6. The van der Waals surface area contributed by atoms with E-state index in [1.54, 1.807) is 32.9 Å². The maximum atomic E-state index is 13.6. The molecule has 2 aliphatic rings. The van der Waals surface area contributed by atoms with Crippen molar-refractivity contribution in [3.63, 3.8) is 0 Å². The number of nitrogens with one attached hydrogen (secondary N) is 1. The molecule has 0 aliphatic carbocycles. The van der Waals surface area contributed by atoms with Gasteiger partial charge in [0.1, 0.15) is 11.4 Å². The van der Waals surface area contributed by atoms with Crippen molar-refractivity contribution < 1.29 is 29.0 Å². The highest BCUT2D eigenvalue weighted by Crippen LogP contribution is 2.40. The summed E-state index contributed by atoms with van der Waals surface area (Å²) in [6.45, 7) is 11.3. The predicted molar refractivity (Wildman–Crippen MR) is 127 cm³/mol. The number of allylic oxidation sites excluding steroid dienone is 1. The quantitative estimate of drug-likeness (QED) is 0.593. The van der Waals surface area contributed by atoms with Crippen LogP contribution < -0.4 is 10.1 Å². The van der Waals surface area contributed by atoms with Gasteiger partial charge in [0.15, 0.2) is 0 Å². The van der Waals surface area contributed by atoms with Crippen LogP contribution in [0.1, 0.15) is 81.8 Å². The number of carboxylic acid groups (broad SMARTS) is 1. The molecule has 34 heavy (non-hydrogen) atoms. The molecule has 1 aromatic carbocycles. The van der Waals surface area contributed by atoms with Crippen LogP contribution in [0.15, 0.2) is 35.8 Å². The summed E-state index contributed by atoms with van der Waals surface area (Å²) in [5.41, 5.74) is -0.761. The van der Waals surface area contributed by atoms with Crippen molar-refractivity contribution >= 4 is 23.9 Å². The second kappa shape index (κ2) is 9.87. The minimum atomic E-state index is -1.08. The van der Waals surface area contributed by atoms with Crippen LogP contribution in [0.4, 0.5) is 4.79 Å². The minimum absolute atomic E-state index is 0.0891. The number of aliphatic imine (C=N–C) groups is 1. The van der Waals surface area contributed by atoms with Crippen LogP contribution in [-0.2, 0) is 9.53 Å². The zero-order valence-corrected chi connectivity index (χ0v) is 20.2. The van der Waals surface area contributed by atoms with Crippen LogP contribution >= 0.6 is 0 Å². The molecule has 0 radical (unpaired) electrons. The molecular formula is C25H33N3O6. The number of hydrogen-bond acceptors (Lipinski definition) is 6. The topological polar surface area (TPSA) is 118 Å². The molecular weight excluding hydrogens is 438 g/mol. The molecule has 2 unspecified atom stereocenters. The second-order valence-corrected chi connectivity index (χ2v) is 9.62.